The van der Waals surface area contributed by atoms with Crippen LogP contribution in [0.4, 0.5) is 33.3 Å². The van der Waals surface area contributed by atoms with Crippen molar-refractivity contribution >= 4 is 63.7 Å². The van der Waals surface area contributed by atoms with E-state index in [1.165, 1.54) is 59.4 Å². The normalized spacial score (nSPS) is 17.0. The molecule has 0 aliphatic carbocycles. The number of anilines is 2. The van der Waals surface area contributed by atoms with Crippen LogP contribution in [0.1, 0.15) is 79.3 Å². The summed E-state index contributed by atoms with van der Waals surface area (Å²) < 4.78 is 78.5. The van der Waals surface area contributed by atoms with Crippen molar-refractivity contribution < 1.29 is 51.0 Å². The van der Waals surface area contributed by atoms with E-state index in [0.29, 0.717) is 33.2 Å². The van der Waals surface area contributed by atoms with E-state index in [9.17, 15) is 42.7 Å². The topological polar surface area (TPSA) is 181 Å². The smallest absolute Gasteiger partial charge is 0.420 e. The van der Waals surface area contributed by atoms with E-state index < -0.39 is 87.4 Å². The van der Waals surface area contributed by atoms with Gasteiger partial charge in [0.1, 0.15) is 41.4 Å². The quantitative estimate of drug-likeness (QED) is 0.0741. The summed E-state index contributed by atoms with van der Waals surface area (Å²) >= 11 is 7.07. The highest BCUT2D eigenvalue weighted by molar-refractivity contribution is 7.81. The van der Waals surface area contributed by atoms with Crippen molar-refractivity contribution in [3.05, 3.63) is 148 Å². The van der Waals surface area contributed by atoms with Crippen molar-refractivity contribution in [2.24, 2.45) is 5.41 Å². The number of hydrogen-bond acceptors (Lipinski definition) is 11. The van der Waals surface area contributed by atoms with Crippen LogP contribution in [0, 0.1) is 35.3 Å². The minimum Gasteiger partial charge on any atom is -0.489 e. The number of carbonyl (C=O) groups is 4. The van der Waals surface area contributed by atoms with Crippen molar-refractivity contribution in [3.8, 4) is 33.5 Å². The summed E-state index contributed by atoms with van der Waals surface area (Å²) in [4.78, 5) is 68.1. The number of thiazole rings is 1. The second-order valence-electron chi connectivity index (χ2n) is 19.6. The summed E-state index contributed by atoms with van der Waals surface area (Å²) in [7, 11) is 0. The van der Waals surface area contributed by atoms with Crippen molar-refractivity contribution in [1.29, 1.82) is 5.26 Å². The van der Waals surface area contributed by atoms with Gasteiger partial charge >= 0.3 is 6.18 Å². The SMILES string of the molecule is Cc1ncsc1-c1ccc(CNC(=O)[C@@H]2C[C@@H](O)CN2C(=O)[C@@H](NC(=O)c2ccc(COc3ccc(-c4ccc(N5C(=S)N(c6ccc(C#N)c(C(F)(F)F)c6F)C(=O)C5(C)C)cn4)cc3)cc2F)C(C)(C)C)cc1. The summed E-state index contributed by atoms with van der Waals surface area (Å²) in [6.45, 7) is 10.0. The number of carbonyl (C=O) groups excluding carboxylic acids is 4. The van der Waals surface area contributed by atoms with Gasteiger partial charge in [-0.3, -0.25) is 29.1 Å². The molecule has 2 aliphatic heterocycles. The number of thiocarbonyl (C=S) groups is 1. The Labute approximate surface area is 437 Å². The molecule has 0 bridgehead atoms. The van der Waals surface area contributed by atoms with Crippen molar-refractivity contribution in [2.75, 3.05) is 16.3 Å². The number of nitrogens with zero attached hydrogens (tertiary/aromatic N) is 6. The molecule has 3 N–H and O–H groups in total. The minimum atomic E-state index is -5.22. The molecule has 8 rings (SSSR count). The second kappa shape index (κ2) is 20.9. The first-order chi connectivity index (χ1) is 35.4. The maximum absolute atomic E-state index is 15.7. The third kappa shape index (κ3) is 10.9. The Hall–Kier alpha value is -7.67. The molecule has 2 aliphatic rings. The zero-order valence-electron chi connectivity index (χ0n) is 41.3. The number of nitrogens with one attached hydrogen (secondary N) is 2. The molecule has 388 valence electrons. The van der Waals surface area contributed by atoms with Crippen LogP contribution >= 0.6 is 23.6 Å². The molecule has 2 saturated heterocycles. The lowest BCUT2D eigenvalue weighted by Crippen LogP contribution is -2.57. The molecular weight excluding hydrogens is 1020 g/mol. The standard InChI is InChI=1S/C54H49F5N8O6S2/c1-29-45(75-28-63-29)33-10-7-30(8-11-33)24-62-48(70)42-22-36(68)26-65(42)49(71)46(52(2,3)4)64-47(69)38-18-9-31(21-39(38)55)27-73-37-16-12-32(13-17-37)40-19-15-35(25-61-40)67-51(74)66(50(72)53(67,5)6)41-20-14-34(23-60)43(44(41)56)54(57,58)59/h7-21,25,28,36,42,46,68H,22,24,26-27H2,1-6H3,(H,62,70)(H,64,69)/t36-,42+,46-/m1/s1. The summed E-state index contributed by atoms with van der Waals surface area (Å²) in [5, 5.41) is 25.1. The highest BCUT2D eigenvalue weighted by atomic mass is 32.1. The van der Waals surface area contributed by atoms with Gasteiger partial charge in [-0.25, -0.2) is 13.8 Å². The Morgan fingerprint density at radius 2 is 1.64 bits per heavy atom. The van der Waals surface area contributed by atoms with Crippen molar-refractivity contribution in [2.45, 2.75) is 91.0 Å². The number of ether oxygens (including phenoxy) is 1. The van der Waals surface area contributed by atoms with E-state index in [-0.39, 0.29) is 36.8 Å². The zero-order valence-corrected chi connectivity index (χ0v) is 42.9. The van der Waals surface area contributed by atoms with Crippen LogP contribution in [0.5, 0.6) is 5.75 Å². The Morgan fingerprint density at radius 3 is 2.24 bits per heavy atom. The number of aliphatic hydroxyl groups excluding tert-OH is 1. The first-order valence-electron chi connectivity index (χ1n) is 23.4. The second-order valence-corrected chi connectivity index (χ2v) is 20.8. The first-order valence-corrected chi connectivity index (χ1v) is 24.7. The van der Waals surface area contributed by atoms with Gasteiger partial charge in [-0.2, -0.15) is 18.4 Å². The summed E-state index contributed by atoms with van der Waals surface area (Å²) in [6.07, 6.45) is -4.79. The number of aromatic nitrogens is 2. The number of amides is 4. The third-order valence-corrected chi connectivity index (χ3v) is 14.3. The molecule has 4 heterocycles. The molecule has 0 spiro atoms. The van der Waals surface area contributed by atoms with Crippen LogP contribution in [0.2, 0.25) is 0 Å². The monoisotopic (exact) mass is 1060 g/mol. The molecule has 3 atom stereocenters. The average Bonchev–Trinajstić information content (AvgIpc) is 4.03. The molecule has 2 fully saturated rings. The number of hydrogen-bond donors (Lipinski definition) is 3. The molecule has 0 radical (unpaired) electrons. The van der Waals surface area contributed by atoms with Crippen LogP contribution in [0.3, 0.4) is 0 Å². The number of pyridine rings is 1. The Balaban J connectivity index is 0.874. The number of aryl methyl sites for hydroxylation is 1. The van der Waals surface area contributed by atoms with Crippen molar-refractivity contribution in [3.63, 3.8) is 0 Å². The predicted molar refractivity (Wildman–Crippen MR) is 274 cm³/mol. The predicted octanol–water partition coefficient (Wildman–Crippen LogP) is 9.27. The van der Waals surface area contributed by atoms with E-state index in [1.807, 2.05) is 31.2 Å². The van der Waals surface area contributed by atoms with E-state index >= 15 is 8.78 Å². The first kappa shape index (κ1) is 53.6. The largest absolute Gasteiger partial charge is 0.489 e. The number of halogens is 5. The molecule has 4 aromatic carbocycles. The van der Waals surface area contributed by atoms with E-state index in [0.717, 1.165) is 39.9 Å². The highest BCUT2D eigenvalue weighted by Crippen LogP contribution is 2.42. The lowest BCUT2D eigenvalue weighted by molar-refractivity contribution is -0.142. The fourth-order valence-corrected chi connectivity index (χ4v) is 10.3. The number of aliphatic hydroxyl groups is 1. The summed E-state index contributed by atoms with van der Waals surface area (Å²) in [5.74, 6) is -4.98. The molecule has 6 aromatic rings. The number of alkyl halides is 3. The maximum atomic E-state index is 15.7. The number of nitriles is 1. The number of β-amino-alcohol motifs (C(OH)–C–C–N with tert-alkyl or cyclic N) is 1. The third-order valence-electron chi connectivity index (χ3n) is 13.0. The fraction of sp³-hybridized carbons (Fsp3) is 0.296. The molecule has 0 saturated carbocycles. The zero-order chi connectivity index (χ0) is 54.3. The number of benzene rings is 4. The molecule has 0 unspecified atom stereocenters. The van der Waals surface area contributed by atoms with Crippen LogP contribution in [0.25, 0.3) is 21.7 Å². The van der Waals surface area contributed by atoms with E-state index in [2.05, 4.69) is 20.6 Å². The Morgan fingerprint density at radius 1 is 0.960 bits per heavy atom. The molecular formula is C54H49F5N8O6S2. The van der Waals surface area contributed by atoms with E-state index in [1.54, 1.807) is 62.7 Å². The number of likely N-dealkylation sites (tertiary alicyclic amines) is 1. The van der Waals surface area contributed by atoms with Crippen LogP contribution in [-0.4, -0.2) is 79.0 Å². The van der Waals surface area contributed by atoms with Crippen LogP contribution in [0.15, 0.2) is 103 Å². The highest BCUT2D eigenvalue weighted by Gasteiger charge is 2.52. The summed E-state index contributed by atoms with van der Waals surface area (Å²) in [6, 6.07) is 22.4. The van der Waals surface area contributed by atoms with Crippen LogP contribution < -0.4 is 25.2 Å². The average molecular weight is 1070 g/mol. The van der Waals surface area contributed by atoms with Gasteiger partial charge in [0.25, 0.3) is 11.8 Å². The molecule has 75 heavy (non-hydrogen) atoms. The lowest BCUT2D eigenvalue weighted by Gasteiger charge is -2.35. The van der Waals surface area contributed by atoms with Crippen LogP contribution in [-0.2, 0) is 33.7 Å². The van der Waals surface area contributed by atoms with Gasteiger partial charge in [0.15, 0.2) is 10.9 Å². The maximum Gasteiger partial charge on any atom is 0.420 e. The number of rotatable bonds is 13. The Kier molecular flexibility index (Phi) is 15.0. The van der Waals surface area contributed by atoms with Crippen molar-refractivity contribution in [1.82, 2.24) is 25.5 Å². The van der Waals surface area contributed by atoms with E-state index in [4.69, 9.17) is 17.0 Å². The van der Waals surface area contributed by atoms with Gasteiger partial charge < -0.3 is 30.3 Å². The fourth-order valence-electron chi connectivity index (χ4n) is 8.95. The molecule has 4 amide bonds. The van der Waals surface area contributed by atoms with Gasteiger partial charge in [-0.05, 0) is 116 Å². The molecule has 21 heteroatoms. The van der Waals surface area contributed by atoms with Gasteiger partial charge in [0.05, 0.1) is 62.6 Å². The minimum absolute atomic E-state index is 0.00185. The van der Waals surface area contributed by atoms with Gasteiger partial charge in [0, 0.05) is 25.1 Å². The summed E-state index contributed by atoms with van der Waals surface area (Å²) in [5.41, 5.74) is 0.154. The molecule has 2 aromatic heterocycles. The van der Waals surface area contributed by atoms with Gasteiger partial charge in [-0.1, -0.05) is 51.1 Å². The Bertz CT molecular complexity index is 3250. The van der Waals surface area contributed by atoms with Gasteiger partial charge in [0.2, 0.25) is 11.8 Å². The molecule has 14 nitrogen and oxygen atoms in total. The lowest BCUT2D eigenvalue weighted by atomic mass is 9.85. The van der Waals surface area contributed by atoms with Gasteiger partial charge in [-0.15, -0.1) is 11.3 Å².